The zero-order chi connectivity index (χ0) is 14.5. The van der Waals surface area contributed by atoms with Gasteiger partial charge in [-0.3, -0.25) is 4.84 Å². The van der Waals surface area contributed by atoms with Crippen molar-refractivity contribution in [1.29, 1.82) is 0 Å². The minimum Gasteiger partial charge on any atom is -0.348 e. The molecule has 0 saturated carbocycles. The second-order valence-electron chi connectivity index (χ2n) is 4.55. The van der Waals surface area contributed by atoms with Gasteiger partial charge in [0.05, 0.1) is 13.2 Å². The Hall–Kier alpha value is -0.0700. The summed E-state index contributed by atoms with van der Waals surface area (Å²) in [5.74, 6) is 0. The lowest BCUT2D eigenvalue weighted by molar-refractivity contribution is -0.121. The Kier molecular flexibility index (Phi) is 6.36. The SMILES string of the molecule is CC(Cc1c(Cl)cc(Cl)cc1Cl)NOCC1OCCO1. The smallest absolute Gasteiger partial charge is 0.183 e. The fraction of sp³-hybridized carbons (Fsp3) is 0.538. The number of ether oxygens (including phenoxy) is 2. The topological polar surface area (TPSA) is 39.7 Å². The fourth-order valence-corrected chi connectivity index (χ4v) is 2.85. The summed E-state index contributed by atoms with van der Waals surface area (Å²) >= 11 is 18.2. The third kappa shape index (κ3) is 4.74. The molecular formula is C13H16Cl3NO3. The molecule has 1 heterocycles. The van der Waals surface area contributed by atoms with E-state index in [1.807, 2.05) is 6.92 Å². The van der Waals surface area contributed by atoms with Gasteiger partial charge in [0.1, 0.15) is 6.61 Å². The molecule has 20 heavy (non-hydrogen) atoms. The van der Waals surface area contributed by atoms with Crippen LogP contribution >= 0.6 is 34.8 Å². The van der Waals surface area contributed by atoms with Crippen LogP contribution in [0.25, 0.3) is 0 Å². The third-order valence-corrected chi connectivity index (χ3v) is 3.70. The van der Waals surface area contributed by atoms with Crippen molar-refractivity contribution in [3.05, 3.63) is 32.8 Å². The highest BCUT2D eigenvalue weighted by Gasteiger charge is 2.17. The Morgan fingerprint density at radius 1 is 1.25 bits per heavy atom. The molecule has 112 valence electrons. The Labute approximate surface area is 133 Å². The van der Waals surface area contributed by atoms with E-state index in [4.69, 9.17) is 49.1 Å². The number of halogens is 3. The van der Waals surface area contributed by atoms with Crippen LogP contribution in [0, 0.1) is 0 Å². The van der Waals surface area contributed by atoms with Crippen molar-refractivity contribution < 1.29 is 14.3 Å². The zero-order valence-corrected chi connectivity index (χ0v) is 13.3. The summed E-state index contributed by atoms with van der Waals surface area (Å²) < 4.78 is 10.5. The molecule has 1 aliphatic heterocycles. The van der Waals surface area contributed by atoms with Crippen LogP contribution in [0.15, 0.2) is 12.1 Å². The highest BCUT2D eigenvalue weighted by atomic mass is 35.5. The van der Waals surface area contributed by atoms with Crippen LogP contribution in [0.2, 0.25) is 15.1 Å². The van der Waals surface area contributed by atoms with Gasteiger partial charge < -0.3 is 9.47 Å². The standard InChI is InChI=1S/C13H16Cl3NO3/c1-8(17-20-7-13-18-2-3-19-13)4-10-11(15)5-9(14)6-12(10)16/h5-6,8,13,17H,2-4,7H2,1H3. The van der Waals surface area contributed by atoms with Crippen LogP contribution < -0.4 is 5.48 Å². The van der Waals surface area contributed by atoms with Crippen molar-refractivity contribution in [3.8, 4) is 0 Å². The molecule has 1 aromatic carbocycles. The summed E-state index contributed by atoms with van der Waals surface area (Å²) in [6.07, 6.45) is 0.332. The summed E-state index contributed by atoms with van der Waals surface area (Å²) in [4.78, 5) is 5.34. The molecule has 1 unspecified atom stereocenters. The van der Waals surface area contributed by atoms with Gasteiger partial charge in [0.2, 0.25) is 0 Å². The number of hydroxylamine groups is 1. The van der Waals surface area contributed by atoms with Crippen molar-refractivity contribution in [2.75, 3.05) is 19.8 Å². The van der Waals surface area contributed by atoms with Gasteiger partial charge in [-0.05, 0) is 31.0 Å². The molecule has 0 aromatic heterocycles. The van der Waals surface area contributed by atoms with Crippen LogP contribution in [-0.2, 0) is 20.7 Å². The number of hydrogen-bond donors (Lipinski definition) is 1. The van der Waals surface area contributed by atoms with Crippen LogP contribution in [0.5, 0.6) is 0 Å². The Morgan fingerprint density at radius 3 is 2.45 bits per heavy atom. The minimum absolute atomic E-state index is 0.0348. The molecule has 4 nitrogen and oxygen atoms in total. The molecule has 1 atom stereocenters. The summed E-state index contributed by atoms with van der Waals surface area (Å²) in [6, 6.07) is 3.39. The molecule has 2 rings (SSSR count). The van der Waals surface area contributed by atoms with E-state index in [-0.39, 0.29) is 12.3 Å². The number of rotatable bonds is 6. The first-order valence-electron chi connectivity index (χ1n) is 6.30. The molecule has 1 saturated heterocycles. The number of hydrogen-bond acceptors (Lipinski definition) is 4. The molecule has 1 fully saturated rings. The van der Waals surface area contributed by atoms with E-state index < -0.39 is 0 Å². The van der Waals surface area contributed by atoms with Crippen LogP contribution in [0.1, 0.15) is 12.5 Å². The Balaban J connectivity index is 1.80. The van der Waals surface area contributed by atoms with Crippen molar-refractivity contribution >= 4 is 34.8 Å². The molecule has 0 spiro atoms. The average Bonchev–Trinajstić information content (AvgIpc) is 2.87. The van der Waals surface area contributed by atoms with E-state index in [1.54, 1.807) is 12.1 Å². The Morgan fingerprint density at radius 2 is 1.85 bits per heavy atom. The van der Waals surface area contributed by atoms with Crippen molar-refractivity contribution in [3.63, 3.8) is 0 Å². The van der Waals surface area contributed by atoms with E-state index in [9.17, 15) is 0 Å². The van der Waals surface area contributed by atoms with Gasteiger partial charge in [-0.1, -0.05) is 34.8 Å². The van der Waals surface area contributed by atoms with E-state index in [0.717, 1.165) is 5.56 Å². The van der Waals surface area contributed by atoms with Gasteiger partial charge in [0.25, 0.3) is 0 Å². The van der Waals surface area contributed by atoms with Crippen LogP contribution in [-0.4, -0.2) is 32.2 Å². The summed E-state index contributed by atoms with van der Waals surface area (Å²) in [7, 11) is 0. The van der Waals surface area contributed by atoms with E-state index >= 15 is 0 Å². The summed E-state index contributed by atoms with van der Waals surface area (Å²) in [5, 5.41) is 1.63. The second kappa shape index (κ2) is 7.80. The van der Waals surface area contributed by atoms with Gasteiger partial charge in [-0.15, -0.1) is 0 Å². The zero-order valence-electron chi connectivity index (χ0n) is 11.0. The average molecular weight is 341 g/mol. The predicted molar refractivity (Wildman–Crippen MR) is 79.4 cm³/mol. The number of nitrogens with one attached hydrogen (secondary N) is 1. The molecule has 1 aromatic rings. The van der Waals surface area contributed by atoms with Gasteiger partial charge >= 0.3 is 0 Å². The maximum absolute atomic E-state index is 6.14. The van der Waals surface area contributed by atoms with Crippen LogP contribution in [0.3, 0.4) is 0 Å². The van der Waals surface area contributed by atoms with E-state index in [0.29, 0.717) is 41.3 Å². The maximum Gasteiger partial charge on any atom is 0.183 e. The Bertz CT molecular complexity index is 429. The lowest BCUT2D eigenvalue weighted by Gasteiger charge is -2.17. The normalized spacial score (nSPS) is 17.6. The highest BCUT2D eigenvalue weighted by Crippen LogP contribution is 2.29. The van der Waals surface area contributed by atoms with Crippen molar-refractivity contribution in [2.45, 2.75) is 25.7 Å². The van der Waals surface area contributed by atoms with Crippen molar-refractivity contribution in [1.82, 2.24) is 5.48 Å². The maximum atomic E-state index is 6.14. The predicted octanol–water partition coefficient (Wildman–Crippen LogP) is 3.47. The fourth-order valence-electron chi connectivity index (χ4n) is 1.88. The summed E-state index contributed by atoms with van der Waals surface area (Å²) in [5.41, 5.74) is 3.76. The van der Waals surface area contributed by atoms with Gasteiger partial charge in [-0.2, -0.15) is 5.48 Å². The molecule has 1 aliphatic rings. The van der Waals surface area contributed by atoms with Gasteiger partial charge in [0.15, 0.2) is 6.29 Å². The lowest BCUT2D eigenvalue weighted by Crippen LogP contribution is -2.32. The monoisotopic (exact) mass is 339 g/mol. The number of benzene rings is 1. The third-order valence-electron chi connectivity index (χ3n) is 2.81. The highest BCUT2D eigenvalue weighted by molar-refractivity contribution is 6.39. The molecule has 0 radical (unpaired) electrons. The molecule has 7 heteroatoms. The van der Waals surface area contributed by atoms with Crippen molar-refractivity contribution in [2.24, 2.45) is 0 Å². The first kappa shape index (κ1) is 16.3. The van der Waals surface area contributed by atoms with E-state index in [2.05, 4.69) is 5.48 Å². The molecule has 0 aliphatic carbocycles. The summed E-state index contributed by atoms with van der Waals surface area (Å²) in [6.45, 7) is 3.53. The van der Waals surface area contributed by atoms with Gasteiger partial charge in [-0.25, -0.2) is 0 Å². The quantitative estimate of drug-likeness (QED) is 0.805. The first-order chi connectivity index (χ1) is 9.56. The van der Waals surface area contributed by atoms with E-state index in [1.165, 1.54) is 0 Å². The minimum atomic E-state index is -0.294. The largest absolute Gasteiger partial charge is 0.348 e. The van der Waals surface area contributed by atoms with Crippen LogP contribution in [0.4, 0.5) is 0 Å². The molecule has 1 N–H and O–H groups in total. The molecular weight excluding hydrogens is 325 g/mol. The second-order valence-corrected chi connectivity index (χ2v) is 5.80. The molecule has 0 bridgehead atoms. The lowest BCUT2D eigenvalue weighted by atomic mass is 10.1. The first-order valence-corrected chi connectivity index (χ1v) is 7.43. The molecule has 0 amide bonds. The van der Waals surface area contributed by atoms with Gasteiger partial charge in [0, 0.05) is 21.1 Å².